The number of nitrogens with two attached hydrogens (primary N) is 1. The molecule has 3 rings (SSSR count). The van der Waals surface area contributed by atoms with Crippen LogP contribution in [0.5, 0.6) is 0 Å². The lowest BCUT2D eigenvalue weighted by molar-refractivity contribution is 0.290. The maximum atomic E-state index is 6.53. The van der Waals surface area contributed by atoms with Crippen LogP contribution in [-0.4, -0.2) is 22.6 Å². The van der Waals surface area contributed by atoms with Crippen LogP contribution in [0.2, 0.25) is 0 Å². The Morgan fingerprint density at radius 1 is 1.41 bits per heavy atom. The second kappa shape index (κ2) is 5.41. The number of methoxy groups -OCH3 is 1. The number of aromatic amines is 1. The van der Waals surface area contributed by atoms with E-state index in [1.54, 1.807) is 18.4 Å². The molecule has 0 aliphatic heterocycles. The van der Waals surface area contributed by atoms with Crippen LogP contribution in [0, 0.1) is 6.92 Å². The van der Waals surface area contributed by atoms with Crippen LogP contribution in [0.3, 0.4) is 0 Å². The molecule has 0 aromatic carbocycles. The summed E-state index contributed by atoms with van der Waals surface area (Å²) in [4.78, 5) is 7.93. The van der Waals surface area contributed by atoms with Gasteiger partial charge < -0.3 is 15.5 Å². The van der Waals surface area contributed by atoms with Gasteiger partial charge in [-0.15, -0.1) is 11.3 Å². The monoisotopic (exact) mass is 315 g/mol. The van der Waals surface area contributed by atoms with Crippen molar-refractivity contribution in [3.8, 4) is 10.7 Å². The number of ether oxygens (including phenoxy) is 1. The van der Waals surface area contributed by atoms with Gasteiger partial charge in [-0.3, -0.25) is 0 Å². The molecule has 2 atom stereocenters. The van der Waals surface area contributed by atoms with Crippen LogP contribution in [0.4, 0.5) is 0 Å². The van der Waals surface area contributed by atoms with E-state index in [9.17, 15) is 0 Å². The first-order valence-corrected chi connectivity index (χ1v) is 8.14. The molecule has 0 saturated carbocycles. The normalized spacial score (nSPS) is 24.9. The quantitative estimate of drug-likeness (QED) is 0.907. The first-order valence-electron chi connectivity index (χ1n) is 7.26. The number of hydrogen-bond donors (Lipinski definition) is 2. The highest BCUT2D eigenvalue weighted by molar-refractivity contribution is 7.13. The van der Waals surface area contributed by atoms with Crippen molar-refractivity contribution in [3.05, 3.63) is 52.4 Å². The van der Waals surface area contributed by atoms with E-state index in [1.807, 2.05) is 30.7 Å². The molecular formula is C17H21N3OS. The summed E-state index contributed by atoms with van der Waals surface area (Å²) in [6.07, 6.45) is 5.80. The summed E-state index contributed by atoms with van der Waals surface area (Å²) in [6, 6.07) is 2.17. The highest BCUT2D eigenvalue weighted by Crippen LogP contribution is 2.40. The van der Waals surface area contributed by atoms with Crippen molar-refractivity contribution in [3.63, 3.8) is 0 Å². The molecule has 2 aromatic heterocycles. The van der Waals surface area contributed by atoms with Gasteiger partial charge >= 0.3 is 0 Å². The smallest absolute Gasteiger partial charge is 0.139 e. The molecular weight excluding hydrogens is 294 g/mol. The minimum atomic E-state index is -0.455. The summed E-state index contributed by atoms with van der Waals surface area (Å²) in [7, 11) is 1.69. The van der Waals surface area contributed by atoms with E-state index in [0.717, 1.165) is 27.7 Å². The van der Waals surface area contributed by atoms with Gasteiger partial charge in [0.1, 0.15) is 10.8 Å². The van der Waals surface area contributed by atoms with Gasteiger partial charge in [-0.05, 0) is 44.1 Å². The van der Waals surface area contributed by atoms with Gasteiger partial charge in [0, 0.05) is 28.7 Å². The molecule has 0 radical (unpaired) electrons. The average Bonchev–Trinajstić information content (AvgIpc) is 3.08. The predicted octanol–water partition coefficient (Wildman–Crippen LogP) is 3.74. The van der Waals surface area contributed by atoms with Crippen molar-refractivity contribution in [1.82, 2.24) is 9.97 Å². The van der Waals surface area contributed by atoms with Crippen LogP contribution < -0.4 is 5.73 Å². The Balaban J connectivity index is 2.08. The van der Waals surface area contributed by atoms with Gasteiger partial charge in [-0.25, -0.2) is 4.98 Å². The molecule has 0 amide bonds. The minimum absolute atomic E-state index is 0.0554. The number of rotatable bonds is 3. The van der Waals surface area contributed by atoms with Crippen LogP contribution in [0.25, 0.3) is 10.7 Å². The largest absolute Gasteiger partial charge is 0.497 e. The molecule has 3 N–H and O–H groups in total. The second-order valence-corrected chi connectivity index (χ2v) is 6.90. The number of hydrogen-bond acceptors (Lipinski definition) is 4. The van der Waals surface area contributed by atoms with Crippen molar-refractivity contribution in [2.75, 3.05) is 7.11 Å². The zero-order valence-electron chi connectivity index (χ0n) is 13.3. The van der Waals surface area contributed by atoms with Crippen molar-refractivity contribution in [2.24, 2.45) is 5.73 Å². The number of nitrogens with one attached hydrogen (secondary N) is 1. The molecule has 4 nitrogen and oxygen atoms in total. The van der Waals surface area contributed by atoms with Crippen LogP contribution in [0.1, 0.15) is 31.0 Å². The van der Waals surface area contributed by atoms with E-state index in [1.165, 1.54) is 5.56 Å². The van der Waals surface area contributed by atoms with Crippen LogP contribution in [-0.2, 0) is 4.74 Å². The van der Waals surface area contributed by atoms with Crippen molar-refractivity contribution in [2.45, 2.75) is 32.2 Å². The van der Waals surface area contributed by atoms with E-state index in [-0.39, 0.29) is 5.92 Å². The maximum absolute atomic E-state index is 6.53. The second-order valence-electron chi connectivity index (χ2n) is 6.00. The zero-order valence-corrected chi connectivity index (χ0v) is 14.1. The third-order valence-electron chi connectivity index (χ3n) is 4.25. The molecule has 1 aliphatic carbocycles. The van der Waals surface area contributed by atoms with E-state index in [2.05, 4.69) is 29.9 Å². The Morgan fingerprint density at radius 3 is 2.82 bits per heavy atom. The molecule has 5 heteroatoms. The van der Waals surface area contributed by atoms with E-state index >= 15 is 0 Å². The van der Waals surface area contributed by atoms with Crippen molar-refractivity contribution in [1.29, 1.82) is 0 Å². The van der Waals surface area contributed by atoms with Gasteiger partial charge in [0.05, 0.1) is 12.8 Å². The lowest BCUT2D eigenvalue weighted by atomic mass is 9.75. The molecule has 22 heavy (non-hydrogen) atoms. The van der Waals surface area contributed by atoms with Crippen LogP contribution >= 0.6 is 11.3 Å². The fourth-order valence-corrected chi connectivity index (χ4v) is 3.90. The molecule has 2 aromatic rings. The summed E-state index contributed by atoms with van der Waals surface area (Å²) in [5, 5.41) is 2.99. The van der Waals surface area contributed by atoms with Crippen molar-refractivity contribution >= 4 is 11.3 Å². The number of aryl methyl sites for hydroxylation is 1. The topological polar surface area (TPSA) is 63.9 Å². The molecule has 2 heterocycles. The number of H-pyrrole nitrogens is 1. The average molecular weight is 315 g/mol. The molecule has 0 fully saturated rings. The van der Waals surface area contributed by atoms with Gasteiger partial charge in [-0.2, -0.15) is 0 Å². The lowest BCUT2D eigenvalue weighted by Crippen LogP contribution is -2.43. The first kappa shape index (κ1) is 15.1. The molecule has 0 spiro atoms. The SMILES string of the molecule is COC1=C(C)C(c2cc(C)c(-c3nccs3)[nH]2)C(C)(N)C=C1. The third-order valence-corrected chi connectivity index (χ3v) is 5.04. The molecule has 2 unspecified atom stereocenters. The standard InChI is InChI=1S/C17H21N3OS/c1-10-9-12(20-15(10)16-19-7-8-22-16)14-11(2)13(21-4)5-6-17(14,3)18/h5-9,14,20H,18H2,1-4H3. The van der Waals surface area contributed by atoms with Crippen LogP contribution in [0.15, 0.2) is 41.1 Å². The van der Waals surface area contributed by atoms with E-state index in [0.29, 0.717) is 0 Å². The van der Waals surface area contributed by atoms with Gasteiger partial charge in [0.2, 0.25) is 0 Å². The summed E-state index contributed by atoms with van der Waals surface area (Å²) in [5.74, 6) is 0.941. The Morgan fingerprint density at radius 2 is 2.18 bits per heavy atom. The first-order chi connectivity index (χ1) is 10.4. The molecule has 1 aliphatic rings. The number of aromatic nitrogens is 2. The van der Waals surface area contributed by atoms with Gasteiger partial charge in [-0.1, -0.05) is 6.08 Å². The third kappa shape index (κ3) is 2.40. The summed E-state index contributed by atoms with van der Waals surface area (Å²) in [6.45, 7) is 6.22. The number of thiazole rings is 1. The summed E-state index contributed by atoms with van der Waals surface area (Å²) in [5.41, 5.74) is 10.6. The maximum Gasteiger partial charge on any atom is 0.139 e. The fourth-order valence-electron chi connectivity index (χ4n) is 3.20. The Hall–Kier alpha value is -1.85. The fraction of sp³-hybridized carbons (Fsp3) is 0.353. The summed E-state index contributed by atoms with van der Waals surface area (Å²) < 4.78 is 5.47. The summed E-state index contributed by atoms with van der Waals surface area (Å²) >= 11 is 1.63. The van der Waals surface area contributed by atoms with Gasteiger partial charge in [0.15, 0.2) is 0 Å². The molecule has 116 valence electrons. The Labute approximate surface area is 134 Å². The number of allylic oxidation sites excluding steroid dienone is 1. The predicted molar refractivity (Wildman–Crippen MR) is 90.8 cm³/mol. The van der Waals surface area contributed by atoms with Gasteiger partial charge in [0.25, 0.3) is 0 Å². The number of nitrogens with zero attached hydrogens (tertiary/aromatic N) is 1. The molecule has 0 bridgehead atoms. The van der Waals surface area contributed by atoms with E-state index in [4.69, 9.17) is 10.5 Å². The highest BCUT2D eigenvalue weighted by Gasteiger charge is 2.36. The minimum Gasteiger partial charge on any atom is -0.497 e. The molecule has 0 saturated heterocycles. The lowest BCUT2D eigenvalue weighted by Gasteiger charge is -2.35. The van der Waals surface area contributed by atoms with E-state index < -0.39 is 5.54 Å². The zero-order chi connectivity index (χ0) is 15.9. The van der Waals surface area contributed by atoms with Crippen molar-refractivity contribution < 1.29 is 4.74 Å². The Bertz CT molecular complexity index is 738. The highest BCUT2D eigenvalue weighted by atomic mass is 32.1. The Kier molecular flexibility index (Phi) is 3.70.